The van der Waals surface area contributed by atoms with Crippen molar-refractivity contribution >= 4 is 35.5 Å². The molecule has 240 valence electrons. The molecule has 43 heavy (non-hydrogen) atoms. The van der Waals surface area contributed by atoms with Gasteiger partial charge in [-0.2, -0.15) is 0 Å². The van der Waals surface area contributed by atoms with Crippen molar-refractivity contribution in [2.24, 2.45) is 17.6 Å². The minimum atomic E-state index is -0.839. The lowest BCUT2D eigenvalue weighted by Gasteiger charge is -2.35. The van der Waals surface area contributed by atoms with Gasteiger partial charge in [0.05, 0.1) is 6.04 Å². The molecule has 0 saturated carbocycles. The summed E-state index contributed by atoms with van der Waals surface area (Å²) in [5, 5.41) is 11.4. The van der Waals surface area contributed by atoms with Crippen molar-refractivity contribution in [3.05, 3.63) is 29.8 Å². The lowest BCUT2D eigenvalue weighted by atomic mass is 10.0. The number of carbonyl (C=O) groups is 5. The van der Waals surface area contributed by atoms with Crippen LogP contribution in [-0.4, -0.2) is 90.5 Å². The number of primary amides is 1. The van der Waals surface area contributed by atoms with Crippen LogP contribution >= 0.6 is 0 Å². The third-order valence-corrected chi connectivity index (χ3v) is 6.99. The average Bonchev–Trinajstić information content (AvgIpc) is 2.96. The SMILES string of the molecule is CC(C)N[C@H](C(=O)N[C@@H](CCCNC(N)=O)C(=O)Nc1ccc(COC(=O)N2CCN(C(=O)C(C)C)CC2)cc1)C(C)C. The summed E-state index contributed by atoms with van der Waals surface area (Å²) in [6, 6.07) is 4.99. The molecule has 1 fully saturated rings. The summed E-state index contributed by atoms with van der Waals surface area (Å²) in [5.41, 5.74) is 6.39. The third kappa shape index (κ3) is 12.1. The number of nitrogens with one attached hydrogen (secondary N) is 4. The fourth-order valence-electron chi connectivity index (χ4n) is 4.60. The zero-order valence-electron chi connectivity index (χ0n) is 26.3. The second-order valence-corrected chi connectivity index (χ2v) is 11.7. The van der Waals surface area contributed by atoms with Crippen LogP contribution in [0.3, 0.4) is 0 Å². The van der Waals surface area contributed by atoms with E-state index in [2.05, 4.69) is 21.3 Å². The van der Waals surface area contributed by atoms with E-state index in [9.17, 15) is 24.0 Å². The van der Waals surface area contributed by atoms with E-state index in [1.54, 1.807) is 34.1 Å². The summed E-state index contributed by atoms with van der Waals surface area (Å²) in [5.74, 6) is -0.670. The number of nitrogens with two attached hydrogens (primary N) is 1. The second-order valence-electron chi connectivity index (χ2n) is 11.7. The first-order chi connectivity index (χ1) is 20.3. The van der Waals surface area contributed by atoms with Crippen LogP contribution < -0.4 is 27.0 Å². The molecule has 2 atom stereocenters. The molecular formula is C30H49N7O6. The third-order valence-electron chi connectivity index (χ3n) is 6.99. The molecule has 0 aromatic heterocycles. The number of hydrogen-bond donors (Lipinski definition) is 5. The summed E-state index contributed by atoms with van der Waals surface area (Å²) < 4.78 is 5.46. The average molecular weight is 604 g/mol. The van der Waals surface area contributed by atoms with Crippen molar-refractivity contribution < 1.29 is 28.7 Å². The molecule has 1 heterocycles. The highest BCUT2D eigenvalue weighted by molar-refractivity contribution is 5.97. The van der Waals surface area contributed by atoms with Crippen LogP contribution in [0, 0.1) is 11.8 Å². The number of ether oxygens (including phenoxy) is 1. The van der Waals surface area contributed by atoms with Crippen LogP contribution in [0.15, 0.2) is 24.3 Å². The van der Waals surface area contributed by atoms with Crippen LogP contribution in [0.1, 0.15) is 59.9 Å². The molecule has 13 heteroatoms. The number of benzene rings is 1. The molecule has 1 aliphatic rings. The highest BCUT2D eigenvalue weighted by Crippen LogP contribution is 2.14. The first kappa shape index (κ1) is 35.3. The maximum Gasteiger partial charge on any atom is 0.410 e. The fourth-order valence-corrected chi connectivity index (χ4v) is 4.60. The Morgan fingerprint density at radius 3 is 2.02 bits per heavy atom. The minimum Gasteiger partial charge on any atom is -0.445 e. The highest BCUT2D eigenvalue weighted by atomic mass is 16.6. The molecule has 0 spiro atoms. The summed E-state index contributed by atoms with van der Waals surface area (Å²) in [4.78, 5) is 65.4. The van der Waals surface area contributed by atoms with E-state index < -0.39 is 30.1 Å². The number of urea groups is 1. The van der Waals surface area contributed by atoms with E-state index in [-0.39, 0.29) is 49.3 Å². The smallest absolute Gasteiger partial charge is 0.410 e. The van der Waals surface area contributed by atoms with Gasteiger partial charge in [-0.3, -0.25) is 14.4 Å². The summed E-state index contributed by atoms with van der Waals surface area (Å²) >= 11 is 0. The van der Waals surface area contributed by atoms with Crippen LogP contribution in [0.2, 0.25) is 0 Å². The number of anilines is 1. The molecule has 2 rings (SSSR count). The van der Waals surface area contributed by atoms with Crippen LogP contribution in [0.4, 0.5) is 15.3 Å². The van der Waals surface area contributed by atoms with Crippen molar-refractivity contribution in [1.29, 1.82) is 0 Å². The Bertz CT molecular complexity index is 1080. The lowest BCUT2D eigenvalue weighted by Crippen LogP contribution is -2.54. The number of hydrogen-bond acceptors (Lipinski definition) is 7. The molecular weight excluding hydrogens is 554 g/mol. The molecule has 1 aromatic rings. The van der Waals surface area contributed by atoms with E-state index in [1.807, 2.05) is 41.5 Å². The lowest BCUT2D eigenvalue weighted by molar-refractivity contribution is -0.136. The van der Waals surface area contributed by atoms with Gasteiger partial charge in [0, 0.05) is 50.4 Å². The number of piperazine rings is 1. The molecule has 1 saturated heterocycles. The van der Waals surface area contributed by atoms with Gasteiger partial charge in [0.1, 0.15) is 12.6 Å². The molecule has 0 aliphatic carbocycles. The first-order valence-electron chi connectivity index (χ1n) is 15.0. The molecule has 6 amide bonds. The van der Waals surface area contributed by atoms with Crippen molar-refractivity contribution in [1.82, 2.24) is 25.8 Å². The Morgan fingerprint density at radius 2 is 1.49 bits per heavy atom. The zero-order valence-corrected chi connectivity index (χ0v) is 26.3. The van der Waals surface area contributed by atoms with E-state index in [0.717, 1.165) is 5.56 Å². The highest BCUT2D eigenvalue weighted by Gasteiger charge is 2.28. The van der Waals surface area contributed by atoms with E-state index in [1.165, 1.54) is 0 Å². The second kappa shape index (κ2) is 17.3. The Labute approximate surface area is 254 Å². The fraction of sp³-hybridized carbons (Fsp3) is 0.633. The topological polar surface area (TPSA) is 175 Å². The van der Waals surface area contributed by atoms with Gasteiger partial charge in [-0.25, -0.2) is 9.59 Å². The Balaban J connectivity index is 1.94. The van der Waals surface area contributed by atoms with Gasteiger partial charge < -0.3 is 41.5 Å². The Hall–Kier alpha value is -3.87. The molecule has 6 N–H and O–H groups in total. The van der Waals surface area contributed by atoms with Gasteiger partial charge in [0.2, 0.25) is 17.7 Å². The zero-order chi connectivity index (χ0) is 32.1. The van der Waals surface area contributed by atoms with Gasteiger partial charge in [-0.15, -0.1) is 0 Å². The quantitative estimate of drug-likeness (QED) is 0.202. The van der Waals surface area contributed by atoms with Crippen molar-refractivity contribution in [3.63, 3.8) is 0 Å². The number of nitrogens with zero attached hydrogens (tertiary/aromatic N) is 2. The van der Waals surface area contributed by atoms with Crippen molar-refractivity contribution in [3.8, 4) is 0 Å². The summed E-state index contributed by atoms with van der Waals surface area (Å²) in [7, 11) is 0. The predicted molar refractivity (Wildman–Crippen MR) is 164 cm³/mol. The van der Waals surface area contributed by atoms with Gasteiger partial charge in [0.15, 0.2) is 0 Å². The number of amides is 6. The molecule has 13 nitrogen and oxygen atoms in total. The van der Waals surface area contributed by atoms with E-state index >= 15 is 0 Å². The van der Waals surface area contributed by atoms with Crippen LogP contribution in [0.5, 0.6) is 0 Å². The molecule has 0 radical (unpaired) electrons. The predicted octanol–water partition coefficient (Wildman–Crippen LogP) is 2.02. The first-order valence-corrected chi connectivity index (χ1v) is 15.0. The van der Waals surface area contributed by atoms with Crippen LogP contribution in [0.25, 0.3) is 0 Å². The van der Waals surface area contributed by atoms with Gasteiger partial charge >= 0.3 is 12.1 Å². The van der Waals surface area contributed by atoms with E-state index in [4.69, 9.17) is 10.5 Å². The maximum absolute atomic E-state index is 13.2. The number of carbonyl (C=O) groups excluding carboxylic acids is 5. The van der Waals surface area contributed by atoms with Crippen molar-refractivity contribution in [2.45, 2.75) is 79.1 Å². The van der Waals surface area contributed by atoms with Gasteiger partial charge in [0.25, 0.3) is 0 Å². The Morgan fingerprint density at radius 1 is 0.884 bits per heavy atom. The summed E-state index contributed by atoms with van der Waals surface area (Å²) in [6.45, 7) is 13.6. The van der Waals surface area contributed by atoms with Crippen LogP contribution in [-0.2, 0) is 25.7 Å². The summed E-state index contributed by atoms with van der Waals surface area (Å²) in [6.07, 6.45) is 0.279. The van der Waals surface area contributed by atoms with Gasteiger partial charge in [-0.05, 0) is 36.5 Å². The molecule has 0 bridgehead atoms. The number of rotatable bonds is 14. The monoisotopic (exact) mass is 603 g/mol. The molecule has 1 aliphatic heterocycles. The normalized spacial score (nSPS) is 14.8. The maximum atomic E-state index is 13.2. The standard InChI is InChI=1S/C30H49N7O6/c1-19(2)25(33-21(5)6)27(39)35-24(8-7-13-32-29(31)41)26(38)34-23-11-9-22(10-12-23)18-43-30(42)37-16-14-36(15-17-37)28(40)20(3)4/h9-12,19-21,24-25,33H,7-8,13-18H2,1-6H3,(H,34,38)(H,35,39)(H3,31,32,41)/t24-,25-/m0/s1. The largest absolute Gasteiger partial charge is 0.445 e. The van der Waals surface area contributed by atoms with E-state index in [0.29, 0.717) is 38.3 Å². The van der Waals surface area contributed by atoms with Gasteiger partial charge in [-0.1, -0.05) is 53.7 Å². The molecule has 0 unspecified atom stereocenters. The Kier molecular flexibility index (Phi) is 14.2. The van der Waals surface area contributed by atoms with Crippen molar-refractivity contribution in [2.75, 3.05) is 38.0 Å². The minimum absolute atomic E-state index is 0.00275. The molecule has 1 aromatic carbocycles.